The van der Waals surface area contributed by atoms with Crippen LogP contribution in [0.2, 0.25) is 0 Å². The summed E-state index contributed by atoms with van der Waals surface area (Å²) in [6, 6.07) is 7.69. The zero-order valence-corrected chi connectivity index (χ0v) is 12.7. The van der Waals surface area contributed by atoms with E-state index in [4.69, 9.17) is 0 Å². The van der Waals surface area contributed by atoms with Crippen molar-refractivity contribution in [2.75, 3.05) is 37.6 Å². The van der Waals surface area contributed by atoms with Crippen LogP contribution >= 0.6 is 0 Å². The van der Waals surface area contributed by atoms with Crippen molar-refractivity contribution in [2.24, 2.45) is 5.92 Å². The summed E-state index contributed by atoms with van der Waals surface area (Å²) in [4.78, 5) is 9.53. The van der Waals surface area contributed by atoms with E-state index >= 15 is 0 Å². The maximum absolute atomic E-state index is 4.47. The lowest BCUT2D eigenvalue weighted by molar-refractivity contribution is 0.202. The smallest absolute Gasteiger partial charge is 0.128 e. The summed E-state index contributed by atoms with van der Waals surface area (Å²) in [5.74, 6) is 2.05. The van der Waals surface area contributed by atoms with Gasteiger partial charge in [0, 0.05) is 37.9 Å². The molecule has 4 nitrogen and oxygen atoms in total. The first kappa shape index (κ1) is 13.5. The number of rotatable bonds is 3. The van der Waals surface area contributed by atoms with Crippen molar-refractivity contribution in [1.29, 1.82) is 0 Å². The average molecular weight is 286 g/mol. The third-order valence-electron chi connectivity index (χ3n) is 5.55. The van der Waals surface area contributed by atoms with Gasteiger partial charge in [-0.25, -0.2) is 4.98 Å². The minimum Gasteiger partial charge on any atom is -0.357 e. The molecule has 4 heteroatoms. The third kappa shape index (κ3) is 2.92. The van der Waals surface area contributed by atoms with Crippen molar-refractivity contribution in [3.63, 3.8) is 0 Å². The lowest BCUT2D eigenvalue weighted by Crippen LogP contribution is -2.51. The fourth-order valence-corrected chi connectivity index (χ4v) is 4.29. The predicted molar refractivity (Wildman–Crippen MR) is 85.6 cm³/mol. The third-order valence-corrected chi connectivity index (χ3v) is 5.55. The van der Waals surface area contributed by atoms with Crippen LogP contribution in [0.5, 0.6) is 0 Å². The molecule has 0 aliphatic carbocycles. The Balaban J connectivity index is 1.29. The van der Waals surface area contributed by atoms with Crippen LogP contribution in [0, 0.1) is 5.92 Å². The Labute approximate surface area is 127 Å². The van der Waals surface area contributed by atoms with E-state index in [-0.39, 0.29) is 0 Å². The van der Waals surface area contributed by atoms with Gasteiger partial charge in [0.25, 0.3) is 0 Å². The molecule has 1 aromatic rings. The lowest BCUT2D eigenvalue weighted by Gasteiger charge is -2.38. The van der Waals surface area contributed by atoms with Gasteiger partial charge in [-0.05, 0) is 56.8 Å². The van der Waals surface area contributed by atoms with Crippen molar-refractivity contribution in [3.05, 3.63) is 24.4 Å². The molecule has 3 atom stereocenters. The van der Waals surface area contributed by atoms with Crippen LogP contribution in [0.4, 0.5) is 5.82 Å². The zero-order chi connectivity index (χ0) is 14.1. The monoisotopic (exact) mass is 286 g/mol. The molecule has 3 aliphatic heterocycles. The van der Waals surface area contributed by atoms with Gasteiger partial charge in [-0.3, -0.25) is 0 Å². The van der Waals surface area contributed by atoms with Gasteiger partial charge in [-0.15, -0.1) is 0 Å². The van der Waals surface area contributed by atoms with Gasteiger partial charge in [0.1, 0.15) is 5.82 Å². The summed E-state index contributed by atoms with van der Waals surface area (Å²) < 4.78 is 0. The van der Waals surface area contributed by atoms with Crippen molar-refractivity contribution in [3.8, 4) is 0 Å². The average Bonchev–Trinajstić information content (AvgIpc) is 2.94. The van der Waals surface area contributed by atoms with E-state index in [0.717, 1.165) is 30.9 Å². The first-order valence-corrected chi connectivity index (χ1v) is 8.53. The molecule has 1 N–H and O–H groups in total. The molecule has 114 valence electrons. The Kier molecular flexibility index (Phi) is 3.82. The highest BCUT2D eigenvalue weighted by Gasteiger charge is 2.35. The topological polar surface area (TPSA) is 31.4 Å². The predicted octanol–water partition coefficient (Wildman–Crippen LogP) is 1.73. The highest BCUT2D eigenvalue weighted by atomic mass is 15.2. The van der Waals surface area contributed by atoms with Gasteiger partial charge < -0.3 is 15.1 Å². The maximum atomic E-state index is 4.47. The van der Waals surface area contributed by atoms with Crippen molar-refractivity contribution in [2.45, 2.75) is 37.8 Å². The quantitative estimate of drug-likeness (QED) is 0.917. The van der Waals surface area contributed by atoms with E-state index in [1.807, 2.05) is 12.3 Å². The minimum atomic E-state index is 0.710. The van der Waals surface area contributed by atoms with Crippen LogP contribution in [-0.4, -0.2) is 54.7 Å². The molecular weight excluding hydrogens is 260 g/mol. The SMILES string of the molecule is c1ccc(N2CCC(NC3CCN4CCC3C4)CC2)nc1. The molecule has 4 heterocycles. The van der Waals surface area contributed by atoms with Crippen molar-refractivity contribution in [1.82, 2.24) is 15.2 Å². The molecule has 3 unspecified atom stereocenters. The van der Waals surface area contributed by atoms with Gasteiger partial charge in [0.15, 0.2) is 0 Å². The molecule has 0 saturated carbocycles. The molecular formula is C17H26N4. The van der Waals surface area contributed by atoms with Crippen LogP contribution in [0.25, 0.3) is 0 Å². The number of anilines is 1. The molecule has 3 aliphatic rings. The van der Waals surface area contributed by atoms with Crippen molar-refractivity contribution < 1.29 is 0 Å². The van der Waals surface area contributed by atoms with E-state index in [9.17, 15) is 0 Å². The Morgan fingerprint density at radius 1 is 1.00 bits per heavy atom. The number of hydrogen-bond donors (Lipinski definition) is 1. The molecule has 4 rings (SSSR count). The summed E-state index contributed by atoms with van der Waals surface area (Å²) in [5, 5.41) is 3.98. The van der Waals surface area contributed by atoms with E-state index < -0.39 is 0 Å². The van der Waals surface area contributed by atoms with Gasteiger partial charge in [-0.2, -0.15) is 0 Å². The van der Waals surface area contributed by atoms with Crippen LogP contribution in [0.15, 0.2) is 24.4 Å². The van der Waals surface area contributed by atoms with Gasteiger partial charge in [0.05, 0.1) is 0 Å². The Hall–Kier alpha value is -1.13. The number of pyridine rings is 1. The zero-order valence-electron chi connectivity index (χ0n) is 12.7. The van der Waals surface area contributed by atoms with Crippen LogP contribution in [0.1, 0.15) is 25.7 Å². The summed E-state index contributed by atoms with van der Waals surface area (Å²) >= 11 is 0. The second-order valence-corrected chi connectivity index (χ2v) is 6.86. The summed E-state index contributed by atoms with van der Waals surface area (Å²) in [7, 11) is 0. The summed E-state index contributed by atoms with van der Waals surface area (Å²) in [5.41, 5.74) is 0. The van der Waals surface area contributed by atoms with E-state index in [1.54, 1.807) is 0 Å². The molecule has 3 fully saturated rings. The highest BCUT2D eigenvalue weighted by molar-refractivity contribution is 5.38. The number of hydrogen-bond acceptors (Lipinski definition) is 4. The first-order valence-electron chi connectivity index (χ1n) is 8.53. The Morgan fingerprint density at radius 3 is 2.67 bits per heavy atom. The molecule has 1 aromatic heterocycles. The number of piperidine rings is 2. The second kappa shape index (κ2) is 5.93. The van der Waals surface area contributed by atoms with Gasteiger partial charge in [-0.1, -0.05) is 6.07 Å². The maximum Gasteiger partial charge on any atom is 0.128 e. The van der Waals surface area contributed by atoms with E-state index in [0.29, 0.717) is 6.04 Å². The number of nitrogens with one attached hydrogen (secondary N) is 1. The molecule has 21 heavy (non-hydrogen) atoms. The fraction of sp³-hybridized carbons (Fsp3) is 0.706. The molecule has 0 aromatic carbocycles. The number of nitrogens with zero attached hydrogens (tertiary/aromatic N) is 3. The summed E-state index contributed by atoms with van der Waals surface area (Å²) in [6.07, 6.45) is 7.16. The molecule has 3 saturated heterocycles. The normalized spacial score (nSPS) is 33.3. The number of fused-ring (bicyclic) bond motifs is 2. The molecule has 2 bridgehead atoms. The first-order chi connectivity index (χ1) is 10.4. The minimum absolute atomic E-state index is 0.710. The molecule has 0 spiro atoms. The largest absolute Gasteiger partial charge is 0.357 e. The van der Waals surface area contributed by atoms with Crippen LogP contribution in [0.3, 0.4) is 0 Å². The second-order valence-electron chi connectivity index (χ2n) is 6.86. The molecule has 0 radical (unpaired) electrons. The van der Waals surface area contributed by atoms with Gasteiger partial charge >= 0.3 is 0 Å². The van der Waals surface area contributed by atoms with Crippen molar-refractivity contribution >= 4 is 5.82 Å². The number of aromatic nitrogens is 1. The molecule has 0 amide bonds. The lowest BCUT2D eigenvalue weighted by atomic mass is 9.92. The van der Waals surface area contributed by atoms with Crippen LogP contribution in [-0.2, 0) is 0 Å². The van der Waals surface area contributed by atoms with E-state index in [1.165, 1.54) is 45.3 Å². The Morgan fingerprint density at radius 2 is 1.86 bits per heavy atom. The summed E-state index contributed by atoms with van der Waals surface area (Å²) in [6.45, 7) is 6.25. The Bertz CT molecular complexity index is 455. The standard InChI is InChI=1S/C17H26N4/c1-2-8-18-17(3-1)21-11-5-15(6-12-21)19-16-7-10-20-9-4-14(16)13-20/h1-3,8,14-16,19H,4-7,9-13H2. The van der Waals surface area contributed by atoms with Crippen LogP contribution < -0.4 is 10.2 Å². The highest BCUT2D eigenvalue weighted by Crippen LogP contribution is 2.28. The van der Waals surface area contributed by atoms with E-state index in [2.05, 4.69) is 32.2 Å². The van der Waals surface area contributed by atoms with Gasteiger partial charge in [0.2, 0.25) is 0 Å². The fourth-order valence-electron chi connectivity index (χ4n) is 4.29.